The number of phosphoric ester groups is 1. The molecule has 0 saturated carbocycles. The van der Waals surface area contributed by atoms with Crippen LogP contribution in [0.25, 0.3) is 0 Å². The first-order chi connectivity index (χ1) is 46.8. The molecule has 0 radical (unpaired) electrons. The second-order valence-electron chi connectivity index (χ2n) is 28.3. The number of phosphoric acid groups is 1. The Kier molecular flexibility index (Phi) is 78.7. The van der Waals surface area contributed by atoms with Crippen LogP contribution in [0.15, 0.2) is 60.8 Å². The molecule has 9 nitrogen and oxygen atoms in total. The van der Waals surface area contributed by atoms with Crippen molar-refractivity contribution in [3.8, 4) is 0 Å². The smallest absolute Gasteiger partial charge is 0.462 e. The molecule has 2 atom stereocenters. The van der Waals surface area contributed by atoms with Crippen molar-refractivity contribution >= 4 is 19.8 Å². The van der Waals surface area contributed by atoms with Crippen LogP contribution in [0.5, 0.6) is 0 Å². The maximum atomic E-state index is 12.8. The highest BCUT2D eigenvalue weighted by Crippen LogP contribution is 2.43. The first kappa shape index (κ1) is 92.7. The quantitative estimate of drug-likeness (QED) is 0.0264. The van der Waals surface area contributed by atoms with Crippen LogP contribution in [0, 0.1) is 0 Å². The van der Waals surface area contributed by atoms with Crippen molar-refractivity contribution in [2.24, 2.45) is 5.73 Å². The average Bonchev–Trinajstić information content (AvgIpc) is 2.75. The number of unbranched alkanes of at least 4 members (excludes halogenated alkanes) is 57. The predicted molar refractivity (Wildman–Crippen MR) is 413 cm³/mol. The molecule has 2 unspecified atom stereocenters. The predicted octanol–water partition coefficient (Wildman–Crippen LogP) is 28.1. The summed E-state index contributed by atoms with van der Waals surface area (Å²) in [4.78, 5) is 35.5. The van der Waals surface area contributed by atoms with Gasteiger partial charge >= 0.3 is 19.8 Å². The van der Waals surface area contributed by atoms with Gasteiger partial charge < -0.3 is 20.1 Å². The van der Waals surface area contributed by atoms with Crippen molar-refractivity contribution in [3.05, 3.63) is 60.8 Å². The summed E-state index contributed by atoms with van der Waals surface area (Å²) in [6.07, 6.45) is 107. The summed E-state index contributed by atoms with van der Waals surface area (Å²) in [5.41, 5.74) is 5.42. The van der Waals surface area contributed by atoms with Crippen LogP contribution in [-0.2, 0) is 32.7 Å². The number of carbonyl (C=O) groups excluding carboxylic acids is 2. The SMILES string of the molecule is CC/C=C\C/C=C\C/C=C\C/C=C\CCCCCCCCCCCCCCCCCCCCCCCCCCCCCCC(=O)OC(COC(=O)CCCCCCCCCCCCCCCCCCCCCCC/C=C\CCCCCCCCCC)COP(=O)(O)OCCN. The highest BCUT2D eigenvalue weighted by molar-refractivity contribution is 7.47. The molecule has 0 aromatic heterocycles. The van der Waals surface area contributed by atoms with Crippen LogP contribution in [-0.4, -0.2) is 49.3 Å². The van der Waals surface area contributed by atoms with Crippen molar-refractivity contribution in [1.82, 2.24) is 0 Å². The number of rotatable bonds is 80. The zero-order chi connectivity index (χ0) is 68.6. The van der Waals surface area contributed by atoms with E-state index < -0.39 is 26.5 Å². The number of allylic oxidation sites excluding steroid dienone is 10. The molecule has 0 rings (SSSR count). The Balaban J connectivity index is 3.72. The van der Waals surface area contributed by atoms with Crippen LogP contribution in [0.2, 0.25) is 0 Å². The molecule has 0 aliphatic carbocycles. The molecule has 3 N–H and O–H groups in total. The Hall–Kier alpha value is -2.29. The molecule has 0 saturated heterocycles. The van der Waals surface area contributed by atoms with E-state index in [0.717, 1.165) is 57.8 Å². The fraction of sp³-hybridized carbons (Fsp3) is 0.859. The summed E-state index contributed by atoms with van der Waals surface area (Å²) >= 11 is 0. The summed E-state index contributed by atoms with van der Waals surface area (Å²) in [6.45, 7) is 3.71. The summed E-state index contributed by atoms with van der Waals surface area (Å²) in [6, 6.07) is 0. The normalized spacial score (nSPS) is 13.1. The maximum Gasteiger partial charge on any atom is 0.472 e. The van der Waals surface area contributed by atoms with Gasteiger partial charge in [0.05, 0.1) is 13.2 Å². The Morgan fingerprint density at radius 3 is 0.874 bits per heavy atom. The van der Waals surface area contributed by atoms with Crippen LogP contribution in [0.4, 0.5) is 0 Å². The minimum Gasteiger partial charge on any atom is -0.462 e. The first-order valence-corrected chi connectivity index (χ1v) is 43.3. The van der Waals surface area contributed by atoms with Crippen molar-refractivity contribution in [2.45, 2.75) is 444 Å². The van der Waals surface area contributed by atoms with E-state index >= 15 is 0 Å². The van der Waals surface area contributed by atoms with Crippen LogP contribution >= 0.6 is 7.82 Å². The molecule has 0 fully saturated rings. The molecule has 0 aromatic rings. The Labute approximate surface area is 590 Å². The minimum atomic E-state index is -4.40. The number of ether oxygens (including phenoxy) is 2. The van der Waals surface area contributed by atoms with Gasteiger partial charge in [-0.1, -0.05) is 408 Å². The molecule has 0 amide bonds. The minimum absolute atomic E-state index is 0.0562. The van der Waals surface area contributed by atoms with Crippen molar-refractivity contribution < 1.29 is 37.6 Å². The monoisotopic (exact) mass is 1350 g/mol. The third-order valence-electron chi connectivity index (χ3n) is 18.9. The van der Waals surface area contributed by atoms with Gasteiger partial charge in [0, 0.05) is 19.4 Å². The number of hydrogen-bond acceptors (Lipinski definition) is 8. The third kappa shape index (κ3) is 80.6. The lowest BCUT2D eigenvalue weighted by Gasteiger charge is -2.19. The Morgan fingerprint density at radius 2 is 0.579 bits per heavy atom. The molecule has 10 heteroatoms. The fourth-order valence-corrected chi connectivity index (χ4v) is 13.5. The molecule has 0 spiro atoms. The van der Waals surface area contributed by atoms with Crippen LogP contribution in [0.1, 0.15) is 438 Å². The van der Waals surface area contributed by atoms with E-state index in [-0.39, 0.29) is 38.6 Å². The standard InChI is InChI=1S/C85H160NO8P/c1-3-5-7-9-11-13-15-17-19-21-23-25-27-29-31-33-35-37-38-39-40-41-42-43-44-46-48-50-52-54-56-58-60-62-64-66-68-70-72-74-76-78-85(88)94-83(82-93-95(89,90)92-80-79-86)81-91-84(87)77-75-73-71-69-67-65-63-61-59-57-55-53-51-49-47-45-36-34-32-30-28-26-24-22-20-18-16-14-12-10-8-6-4-2/h5,7,11,13,17,19,22-25,83H,3-4,6,8-10,12,14-16,18,20-21,26-82,86H2,1-2H3,(H,89,90)/b7-5-,13-11-,19-17-,24-22-,25-23-. The van der Waals surface area contributed by atoms with E-state index in [4.69, 9.17) is 24.3 Å². The number of nitrogens with two attached hydrogens (primary N) is 1. The Bertz CT molecular complexity index is 1750. The number of esters is 2. The van der Waals surface area contributed by atoms with E-state index in [1.165, 1.54) is 347 Å². The van der Waals surface area contributed by atoms with Crippen molar-refractivity contribution in [3.63, 3.8) is 0 Å². The molecule has 0 aliphatic heterocycles. The molecular weight excluding hydrogens is 1190 g/mol. The molecule has 95 heavy (non-hydrogen) atoms. The lowest BCUT2D eigenvalue weighted by Crippen LogP contribution is -2.29. The summed E-state index contributed by atoms with van der Waals surface area (Å²) in [7, 11) is -4.40. The molecule has 558 valence electrons. The zero-order valence-electron chi connectivity index (χ0n) is 63.2. The highest BCUT2D eigenvalue weighted by Gasteiger charge is 2.26. The average molecular weight is 1360 g/mol. The topological polar surface area (TPSA) is 134 Å². The van der Waals surface area contributed by atoms with Gasteiger partial charge in [-0.3, -0.25) is 18.6 Å². The van der Waals surface area contributed by atoms with E-state index in [0.29, 0.717) is 6.42 Å². The van der Waals surface area contributed by atoms with E-state index in [2.05, 4.69) is 74.6 Å². The van der Waals surface area contributed by atoms with Gasteiger partial charge in [0.15, 0.2) is 6.10 Å². The fourth-order valence-electron chi connectivity index (χ4n) is 12.7. The maximum absolute atomic E-state index is 12.8. The lowest BCUT2D eigenvalue weighted by atomic mass is 10.0. The van der Waals surface area contributed by atoms with E-state index in [1.807, 2.05) is 0 Å². The first-order valence-electron chi connectivity index (χ1n) is 41.8. The molecule has 0 aliphatic rings. The van der Waals surface area contributed by atoms with Crippen LogP contribution in [0.3, 0.4) is 0 Å². The second-order valence-corrected chi connectivity index (χ2v) is 29.8. The van der Waals surface area contributed by atoms with Gasteiger partial charge in [-0.2, -0.15) is 0 Å². The van der Waals surface area contributed by atoms with Crippen LogP contribution < -0.4 is 5.73 Å². The molecule has 0 bridgehead atoms. The summed E-state index contributed by atoms with van der Waals surface area (Å²) < 4.78 is 33.3. The van der Waals surface area contributed by atoms with Gasteiger partial charge in [-0.25, -0.2) is 4.57 Å². The molecule has 0 heterocycles. The second kappa shape index (κ2) is 80.7. The van der Waals surface area contributed by atoms with Gasteiger partial charge in [-0.05, 0) is 77.0 Å². The van der Waals surface area contributed by atoms with Gasteiger partial charge in [0.2, 0.25) is 0 Å². The van der Waals surface area contributed by atoms with E-state index in [9.17, 15) is 19.0 Å². The van der Waals surface area contributed by atoms with E-state index in [1.54, 1.807) is 0 Å². The Morgan fingerprint density at radius 1 is 0.326 bits per heavy atom. The van der Waals surface area contributed by atoms with Crippen molar-refractivity contribution in [1.29, 1.82) is 0 Å². The highest BCUT2D eigenvalue weighted by atomic mass is 31.2. The number of carbonyl (C=O) groups is 2. The molecular formula is C85H160NO8P. The number of hydrogen-bond donors (Lipinski definition) is 2. The zero-order valence-corrected chi connectivity index (χ0v) is 64.1. The molecule has 0 aromatic carbocycles. The summed E-state index contributed by atoms with van der Waals surface area (Å²) in [5.74, 6) is -0.800. The van der Waals surface area contributed by atoms with Gasteiger partial charge in [-0.15, -0.1) is 0 Å². The van der Waals surface area contributed by atoms with Gasteiger partial charge in [0.1, 0.15) is 6.61 Å². The summed E-state index contributed by atoms with van der Waals surface area (Å²) in [5, 5.41) is 0. The van der Waals surface area contributed by atoms with Crippen molar-refractivity contribution in [2.75, 3.05) is 26.4 Å². The van der Waals surface area contributed by atoms with Gasteiger partial charge in [0.25, 0.3) is 0 Å². The third-order valence-corrected chi connectivity index (χ3v) is 19.9. The lowest BCUT2D eigenvalue weighted by molar-refractivity contribution is -0.161. The largest absolute Gasteiger partial charge is 0.472 e.